The molecule has 26 heavy (non-hydrogen) atoms. The number of carbonyl (C=O) groups excluding carboxylic acids is 1. The fourth-order valence-electron chi connectivity index (χ4n) is 3.65. The van der Waals surface area contributed by atoms with Crippen LogP contribution in [0.5, 0.6) is 0 Å². The van der Waals surface area contributed by atoms with Crippen LogP contribution < -0.4 is 0 Å². The van der Waals surface area contributed by atoms with Gasteiger partial charge in [0, 0.05) is 20.6 Å². The standard InChI is InChI=1S/C22H25ClINO/c1-22(18-6-8-19(23)9-7-18)12-15-25(16-13-22)14-2-3-21(26)17-4-10-20(24)11-5-17/h4-11H,2-3,12-16H2,1H3. The molecule has 2 aromatic carbocycles. The third-order valence-electron chi connectivity index (χ3n) is 5.55. The molecule has 1 aliphatic rings. The van der Waals surface area contributed by atoms with Crippen LogP contribution in [-0.2, 0) is 5.41 Å². The molecule has 2 nitrogen and oxygen atoms in total. The Labute approximate surface area is 175 Å². The van der Waals surface area contributed by atoms with Gasteiger partial charge in [-0.05, 0) is 96.7 Å². The van der Waals surface area contributed by atoms with Crippen molar-refractivity contribution in [2.75, 3.05) is 19.6 Å². The third-order valence-corrected chi connectivity index (χ3v) is 6.52. The molecular formula is C22H25ClINO. The maximum absolute atomic E-state index is 12.3. The van der Waals surface area contributed by atoms with Crippen molar-refractivity contribution in [3.05, 3.63) is 68.3 Å². The van der Waals surface area contributed by atoms with Crippen LogP contribution in [0.1, 0.15) is 48.5 Å². The summed E-state index contributed by atoms with van der Waals surface area (Å²) in [4.78, 5) is 14.8. The van der Waals surface area contributed by atoms with E-state index in [2.05, 4.69) is 46.5 Å². The molecule has 1 fully saturated rings. The average Bonchev–Trinajstić information content (AvgIpc) is 2.64. The van der Waals surface area contributed by atoms with Crippen molar-refractivity contribution in [1.29, 1.82) is 0 Å². The highest BCUT2D eigenvalue weighted by atomic mass is 127. The lowest BCUT2D eigenvalue weighted by Crippen LogP contribution is -2.41. The molecule has 3 rings (SSSR count). The van der Waals surface area contributed by atoms with Gasteiger partial charge in [-0.3, -0.25) is 4.79 Å². The van der Waals surface area contributed by atoms with Crippen LogP contribution in [0.25, 0.3) is 0 Å². The Morgan fingerprint density at radius 1 is 1.08 bits per heavy atom. The normalized spacial score (nSPS) is 17.2. The molecule has 4 heteroatoms. The van der Waals surface area contributed by atoms with E-state index in [0.717, 1.165) is 53.1 Å². The maximum Gasteiger partial charge on any atom is 0.162 e. The molecule has 2 aromatic rings. The fraction of sp³-hybridized carbons (Fsp3) is 0.409. The summed E-state index contributed by atoms with van der Waals surface area (Å²) in [7, 11) is 0. The summed E-state index contributed by atoms with van der Waals surface area (Å²) < 4.78 is 1.16. The largest absolute Gasteiger partial charge is 0.303 e. The number of piperidine rings is 1. The molecule has 0 bridgehead atoms. The van der Waals surface area contributed by atoms with E-state index in [1.165, 1.54) is 5.56 Å². The predicted octanol–water partition coefficient (Wildman–Crippen LogP) is 5.96. The third kappa shape index (κ3) is 5.08. The van der Waals surface area contributed by atoms with Crippen LogP contribution in [0.4, 0.5) is 0 Å². The number of Topliss-reactive ketones (excluding diaryl/α,β-unsaturated/α-hetero) is 1. The van der Waals surface area contributed by atoms with Gasteiger partial charge in [0.05, 0.1) is 0 Å². The van der Waals surface area contributed by atoms with E-state index >= 15 is 0 Å². The number of hydrogen-bond acceptors (Lipinski definition) is 2. The molecule has 1 heterocycles. The molecule has 0 atom stereocenters. The summed E-state index contributed by atoms with van der Waals surface area (Å²) in [6.07, 6.45) is 3.87. The summed E-state index contributed by atoms with van der Waals surface area (Å²) in [5.41, 5.74) is 2.45. The van der Waals surface area contributed by atoms with Gasteiger partial charge in [-0.15, -0.1) is 0 Å². The van der Waals surface area contributed by atoms with Crippen molar-refractivity contribution in [2.24, 2.45) is 0 Å². The highest BCUT2D eigenvalue weighted by Gasteiger charge is 2.31. The Morgan fingerprint density at radius 3 is 2.31 bits per heavy atom. The Kier molecular flexibility index (Phi) is 6.76. The molecule has 0 N–H and O–H groups in total. The minimum Gasteiger partial charge on any atom is -0.303 e. The van der Waals surface area contributed by atoms with Crippen LogP contribution in [0.3, 0.4) is 0 Å². The van der Waals surface area contributed by atoms with Gasteiger partial charge in [-0.1, -0.05) is 42.8 Å². The Bertz CT molecular complexity index is 734. The number of ketones is 1. The first kappa shape index (κ1) is 19.8. The number of likely N-dealkylation sites (tertiary alicyclic amines) is 1. The zero-order valence-corrected chi connectivity index (χ0v) is 18.1. The van der Waals surface area contributed by atoms with Gasteiger partial charge in [-0.2, -0.15) is 0 Å². The zero-order valence-electron chi connectivity index (χ0n) is 15.2. The van der Waals surface area contributed by atoms with Gasteiger partial charge in [0.15, 0.2) is 5.78 Å². The fourth-order valence-corrected chi connectivity index (χ4v) is 4.14. The quantitative estimate of drug-likeness (QED) is 0.375. The molecular weight excluding hydrogens is 457 g/mol. The van der Waals surface area contributed by atoms with Crippen LogP contribution in [-0.4, -0.2) is 30.3 Å². The van der Waals surface area contributed by atoms with Crippen LogP contribution in [0.2, 0.25) is 5.02 Å². The molecule has 0 saturated carbocycles. The molecule has 138 valence electrons. The lowest BCUT2D eigenvalue weighted by Gasteiger charge is -2.40. The summed E-state index contributed by atoms with van der Waals surface area (Å²) >= 11 is 8.28. The van der Waals surface area contributed by atoms with Crippen LogP contribution in [0.15, 0.2) is 48.5 Å². The van der Waals surface area contributed by atoms with Crippen molar-refractivity contribution < 1.29 is 4.79 Å². The summed E-state index contributed by atoms with van der Waals surface area (Å²) in [5.74, 6) is 0.254. The second-order valence-corrected chi connectivity index (χ2v) is 9.12. The van der Waals surface area contributed by atoms with Gasteiger partial charge >= 0.3 is 0 Å². The Hall–Kier alpha value is -0.910. The first-order chi connectivity index (χ1) is 12.5. The van der Waals surface area contributed by atoms with Crippen LogP contribution >= 0.6 is 34.2 Å². The number of nitrogens with zero attached hydrogens (tertiary/aromatic N) is 1. The van der Waals surface area contributed by atoms with Crippen molar-refractivity contribution >= 4 is 40.0 Å². The molecule has 1 aliphatic heterocycles. The molecule has 0 amide bonds. The summed E-state index contributed by atoms with van der Waals surface area (Å²) in [5, 5.41) is 0.799. The minimum atomic E-state index is 0.234. The van der Waals surface area contributed by atoms with E-state index in [1.54, 1.807) is 0 Å². The van der Waals surface area contributed by atoms with E-state index < -0.39 is 0 Å². The number of hydrogen-bond donors (Lipinski definition) is 0. The monoisotopic (exact) mass is 481 g/mol. The number of carbonyl (C=O) groups is 1. The second kappa shape index (κ2) is 8.85. The van der Waals surface area contributed by atoms with E-state index in [1.807, 2.05) is 36.4 Å². The van der Waals surface area contributed by atoms with Crippen molar-refractivity contribution in [3.8, 4) is 0 Å². The van der Waals surface area contributed by atoms with E-state index in [4.69, 9.17) is 11.6 Å². The van der Waals surface area contributed by atoms with Gasteiger partial charge in [-0.25, -0.2) is 0 Å². The predicted molar refractivity (Wildman–Crippen MR) is 117 cm³/mol. The first-order valence-corrected chi connectivity index (χ1v) is 10.7. The smallest absolute Gasteiger partial charge is 0.162 e. The topological polar surface area (TPSA) is 20.3 Å². The van der Waals surface area contributed by atoms with E-state index in [0.29, 0.717) is 6.42 Å². The van der Waals surface area contributed by atoms with Crippen LogP contribution in [0, 0.1) is 3.57 Å². The van der Waals surface area contributed by atoms with Crippen molar-refractivity contribution in [1.82, 2.24) is 4.90 Å². The molecule has 0 aromatic heterocycles. The highest BCUT2D eigenvalue weighted by molar-refractivity contribution is 14.1. The summed E-state index contributed by atoms with van der Waals surface area (Å²) in [6.45, 7) is 5.55. The molecule has 0 unspecified atom stereocenters. The van der Waals surface area contributed by atoms with Gasteiger partial charge in [0.25, 0.3) is 0 Å². The van der Waals surface area contributed by atoms with Crippen molar-refractivity contribution in [2.45, 2.75) is 38.0 Å². The van der Waals surface area contributed by atoms with Crippen molar-refractivity contribution in [3.63, 3.8) is 0 Å². The molecule has 0 aliphatic carbocycles. The lowest BCUT2D eigenvalue weighted by atomic mass is 9.74. The highest BCUT2D eigenvalue weighted by Crippen LogP contribution is 2.35. The molecule has 0 spiro atoms. The minimum absolute atomic E-state index is 0.234. The SMILES string of the molecule is CC1(c2ccc(Cl)cc2)CCN(CCCC(=O)c2ccc(I)cc2)CC1. The van der Waals surface area contributed by atoms with Gasteiger partial charge in [0.1, 0.15) is 0 Å². The lowest BCUT2D eigenvalue weighted by molar-refractivity contribution is 0.0968. The maximum atomic E-state index is 12.3. The Balaban J connectivity index is 1.44. The molecule has 0 radical (unpaired) electrons. The second-order valence-electron chi connectivity index (χ2n) is 7.44. The average molecular weight is 482 g/mol. The number of benzene rings is 2. The Morgan fingerprint density at radius 2 is 1.69 bits per heavy atom. The number of halogens is 2. The van der Waals surface area contributed by atoms with E-state index in [-0.39, 0.29) is 11.2 Å². The zero-order chi connectivity index (χ0) is 18.6. The first-order valence-electron chi connectivity index (χ1n) is 9.23. The molecule has 1 saturated heterocycles. The number of rotatable bonds is 6. The van der Waals surface area contributed by atoms with Gasteiger partial charge < -0.3 is 4.90 Å². The summed E-state index contributed by atoms with van der Waals surface area (Å²) in [6, 6.07) is 16.2. The van der Waals surface area contributed by atoms with Gasteiger partial charge in [0.2, 0.25) is 0 Å². The van der Waals surface area contributed by atoms with E-state index in [9.17, 15) is 4.79 Å².